The van der Waals surface area contributed by atoms with Crippen LogP contribution in [0.3, 0.4) is 0 Å². The minimum absolute atomic E-state index is 0.0665. The van der Waals surface area contributed by atoms with Crippen LogP contribution < -0.4 is 5.73 Å². The number of unbranched alkanes of at least 4 members (excludes halogenated alkanes) is 4. The Bertz CT molecular complexity index is 364. The van der Waals surface area contributed by atoms with E-state index in [2.05, 4.69) is 31.2 Å². The van der Waals surface area contributed by atoms with Crippen molar-refractivity contribution in [2.45, 2.75) is 57.6 Å². The summed E-state index contributed by atoms with van der Waals surface area (Å²) in [5.74, 6) is 0. The number of ether oxygens (including phenoxy) is 1. The van der Waals surface area contributed by atoms with Crippen molar-refractivity contribution in [2.75, 3.05) is 6.61 Å². The molecule has 1 aromatic carbocycles. The maximum atomic E-state index is 6.23. The second-order valence-electron chi connectivity index (χ2n) is 5.25. The van der Waals surface area contributed by atoms with Gasteiger partial charge in [-0.3, -0.25) is 0 Å². The molecule has 2 unspecified atom stereocenters. The average Bonchev–Trinajstić information content (AvgIpc) is 2.71. The highest BCUT2D eigenvalue weighted by molar-refractivity contribution is 5.36. The minimum atomic E-state index is 0.0665. The van der Waals surface area contributed by atoms with Crippen LogP contribution in [0.2, 0.25) is 0 Å². The third-order valence-corrected chi connectivity index (χ3v) is 3.82. The van der Waals surface area contributed by atoms with E-state index in [1.807, 2.05) is 0 Å². The first kappa shape index (κ1) is 13.6. The van der Waals surface area contributed by atoms with Gasteiger partial charge in [0.15, 0.2) is 0 Å². The Morgan fingerprint density at radius 2 is 1.94 bits per heavy atom. The van der Waals surface area contributed by atoms with Gasteiger partial charge < -0.3 is 10.5 Å². The first-order chi connectivity index (χ1) is 8.83. The molecule has 2 atom stereocenters. The Balaban J connectivity index is 1.70. The Morgan fingerprint density at radius 3 is 2.72 bits per heavy atom. The van der Waals surface area contributed by atoms with Crippen LogP contribution in [0.1, 0.15) is 56.2 Å². The Morgan fingerprint density at radius 1 is 1.17 bits per heavy atom. The second kappa shape index (κ2) is 6.91. The molecule has 2 rings (SSSR count). The average molecular weight is 247 g/mol. The molecule has 0 aliphatic heterocycles. The zero-order valence-corrected chi connectivity index (χ0v) is 11.4. The fourth-order valence-corrected chi connectivity index (χ4v) is 2.69. The van der Waals surface area contributed by atoms with E-state index in [1.165, 1.54) is 43.2 Å². The van der Waals surface area contributed by atoms with Gasteiger partial charge in [0.2, 0.25) is 0 Å². The first-order valence-corrected chi connectivity index (χ1v) is 7.28. The van der Waals surface area contributed by atoms with Gasteiger partial charge in [-0.2, -0.15) is 0 Å². The van der Waals surface area contributed by atoms with E-state index in [-0.39, 0.29) is 12.1 Å². The van der Waals surface area contributed by atoms with E-state index >= 15 is 0 Å². The number of nitrogens with two attached hydrogens (primary N) is 1. The SMILES string of the molecule is CCCCCCCOC1Cc2ccccc2C1N. The molecule has 1 aliphatic rings. The number of rotatable bonds is 7. The molecule has 0 saturated carbocycles. The Kier molecular flexibility index (Phi) is 5.21. The van der Waals surface area contributed by atoms with Crippen LogP contribution in [0.15, 0.2) is 24.3 Å². The van der Waals surface area contributed by atoms with Gasteiger partial charge in [0.1, 0.15) is 0 Å². The standard InChI is InChI=1S/C16H25NO/c1-2-3-4-5-8-11-18-15-12-13-9-6-7-10-14(13)16(15)17/h6-7,9-10,15-16H,2-5,8,11-12,17H2,1H3. The van der Waals surface area contributed by atoms with Crippen LogP contribution in [0.5, 0.6) is 0 Å². The third kappa shape index (κ3) is 3.33. The Hall–Kier alpha value is -0.860. The van der Waals surface area contributed by atoms with E-state index in [4.69, 9.17) is 10.5 Å². The van der Waals surface area contributed by atoms with Crippen LogP contribution in [-0.2, 0) is 11.2 Å². The van der Waals surface area contributed by atoms with Crippen molar-refractivity contribution >= 4 is 0 Å². The van der Waals surface area contributed by atoms with Gasteiger partial charge in [0.25, 0.3) is 0 Å². The highest BCUT2D eigenvalue weighted by atomic mass is 16.5. The van der Waals surface area contributed by atoms with Crippen molar-refractivity contribution < 1.29 is 4.74 Å². The van der Waals surface area contributed by atoms with E-state index in [1.54, 1.807) is 0 Å². The summed E-state index contributed by atoms with van der Waals surface area (Å²) in [5, 5.41) is 0. The van der Waals surface area contributed by atoms with Gasteiger partial charge in [0.05, 0.1) is 12.1 Å². The third-order valence-electron chi connectivity index (χ3n) is 3.82. The van der Waals surface area contributed by atoms with Crippen LogP contribution >= 0.6 is 0 Å². The van der Waals surface area contributed by atoms with Crippen molar-refractivity contribution in [3.05, 3.63) is 35.4 Å². The molecule has 0 fully saturated rings. The number of benzene rings is 1. The predicted octanol–water partition coefficient (Wildman–Crippen LogP) is 3.60. The molecule has 1 aromatic rings. The molecule has 0 heterocycles. The number of fused-ring (bicyclic) bond motifs is 1. The fraction of sp³-hybridized carbons (Fsp3) is 0.625. The Labute approximate surface area is 111 Å². The van der Waals surface area contributed by atoms with Gasteiger partial charge in [-0.25, -0.2) is 0 Å². The molecule has 2 N–H and O–H groups in total. The fourth-order valence-electron chi connectivity index (χ4n) is 2.69. The number of hydrogen-bond acceptors (Lipinski definition) is 2. The molecule has 1 aliphatic carbocycles. The van der Waals surface area contributed by atoms with Crippen molar-refractivity contribution in [2.24, 2.45) is 5.73 Å². The van der Waals surface area contributed by atoms with Crippen LogP contribution in [0, 0.1) is 0 Å². The lowest BCUT2D eigenvalue weighted by Crippen LogP contribution is -2.25. The quantitative estimate of drug-likeness (QED) is 0.747. The maximum absolute atomic E-state index is 6.23. The van der Waals surface area contributed by atoms with Gasteiger partial charge in [-0.1, -0.05) is 56.9 Å². The van der Waals surface area contributed by atoms with Crippen molar-refractivity contribution in [1.29, 1.82) is 0 Å². The van der Waals surface area contributed by atoms with Crippen LogP contribution in [0.25, 0.3) is 0 Å². The molecule has 0 radical (unpaired) electrons. The zero-order chi connectivity index (χ0) is 12.8. The molecule has 0 spiro atoms. The lowest BCUT2D eigenvalue weighted by molar-refractivity contribution is 0.0411. The lowest BCUT2D eigenvalue weighted by Gasteiger charge is -2.17. The van der Waals surface area contributed by atoms with Crippen LogP contribution in [0.4, 0.5) is 0 Å². The zero-order valence-electron chi connectivity index (χ0n) is 11.4. The van der Waals surface area contributed by atoms with Crippen molar-refractivity contribution in [3.63, 3.8) is 0 Å². The molecule has 0 bridgehead atoms. The maximum Gasteiger partial charge on any atom is 0.0808 e. The topological polar surface area (TPSA) is 35.2 Å². The first-order valence-electron chi connectivity index (χ1n) is 7.28. The lowest BCUT2D eigenvalue weighted by atomic mass is 10.1. The van der Waals surface area contributed by atoms with Crippen molar-refractivity contribution in [3.8, 4) is 0 Å². The summed E-state index contributed by atoms with van der Waals surface area (Å²) >= 11 is 0. The highest BCUT2D eigenvalue weighted by Crippen LogP contribution is 2.31. The summed E-state index contributed by atoms with van der Waals surface area (Å²) in [6, 6.07) is 8.51. The summed E-state index contributed by atoms with van der Waals surface area (Å²) < 4.78 is 5.95. The molecular weight excluding hydrogens is 222 g/mol. The molecule has 0 saturated heterocycles. The summed E-state index contributed by atoms with van der Waals surface area (Å²) in [5.41, 5.74) is 8.86. The van der Waals surface area contributed by atoms with Gasteiger partial charge >= 0.3 is 0 Å². The molecule has 0 amide bonds. The molecule has 18 heavy (non-hydrogen) atoms. The van der Waals surface area contributed by atoms with E-state index < -0.39 is 0 Å². The molecule has 0 aromatic heterocycles. The number of hydrogen-bond donors (Lipinski definition) is 1. The summed E-state index contributed by atoms with van der Waals surface area (Å²) in [4.78, 5) is 0. The summed E-state index contributed by atoms with van der Waals surface area (Å²) in [6.07, 6.45) is 7.58. The smallest absolute Gasteiger partial charge is 0.0808 e. The van der Waals surface area contributed by atoms with E-state index in [0.717, 1.165) is 13.0 Å². The summed E-state index contributed by atoms with van der Waals surface area (Å²) in [7, 11) is 0. The normalized spacial score (nSPS) is 22.1. The predicted molar refractivity (Wildman–Crippen MR) is 75.6 cm³/mol. The van der Waals surface area contributed by atoms with E-state index in [9.17, 15) is 0 Å². The van der Waals surface area contributed by atoms with E-state index in [0.29, 0.717) is 0 Å². The minimum Gasteiger partial charge on any atom is -0.376 e. The van der Waals surface area contributed by atoms with Gasteiger partial charge in [0, 0.05) is 13.0 Å². The van der Waals surface area contributed by atoms with Gasteiger partial charge in [-0.15, -0.1) is 0 Å². The molecule has 100 valence electrons. The van der Waals surface area contributed by atoms with Crippen molar-refractivity contribution in [1.82, 2.24) is 0 Å². The molecule has 2 nitrogen and oxygen atoms in total. The summed E-state index contributed by atoms with van der Waals surface area (Å²) in [6.45, 7) is 3.10. The largest absolute Gasteiger partial charge is 0.376 e. The molecular formula is C16H25NO. The monoisotopic (exact) mass is 247 g/mol. The van der Waals surface area contributed by atoms with Gasteiger partial charge in [-0.05, 0) is 17.5 Å². The highest BCUT2D eigenvalue weighted by Gasteiger charge is 2.29. The second-order valence-corrected chi connectivity index (χ2v) is 5.25. The molecule has 2 heteroatoms. The van der Waals surface area contributed by atoms with Crippen LogP contribution in [-0.4, -0.2) is 12.7 Å².